The highest BCUT2D eigenvalue weighted by Gasteiger charge is 2.60. The SMILES string of the molecule is O=C(Oc1ccc([C@H]2[C@H]3C(=O)N(c4ccccc4Cl)C(=O)[C@H]3ON2c2cccc([N+](=O)[O-])c2)cc1)c1ccccc1. The molecule has 0 N–H and O–H groups in total. The van der Waals surface area contributed by atoms with E-state index in [2.05, 4.69) is 0 Å². The van der Waals surface area contributed by atoms with E-state index in [1.165, 1.54) is 23.3 Å². The van der Waals surface area contributed by atoms with Crippen molar-refractivity contribution in [2.75, 3.05) is 9.96 Å². The van der Waals surface area contributed by atoms with Crippen molar-refractivity contribution in [1.29, 1.82) is 0 Å². The van der Waals surface area contributed by atoms with Crippen molar-refractivity contribution >= 4 is 46.4 Å². The second kappa shape index (κ2) is 10.5. The molecular weight excluding hydrogens is 550 g/mol. The Labute approximate surface area is 238 Å². The molecule has 2 aliphatic heterocycles. The van der Waals surface area contributed by atoms with Crippen LogP contribution in [0.1, 0.15) is 22.0 Å². The van der Waals surface area contributed by atoms with Gasteiger partial charge in [-0.1, -0.05) is 60.1 Å². The van der Waals surface area contributed by atoms with E-state index in [0.29, 0.717) is 16.8 Å². The molecule has 4 aromatic rings. The Kier molecular flexibility index (Phi) is 6.70. The molecule has 2 saturated heterocycles. The van der Waals surface area contributed by atoms with Crippen LogP contribution in [0.2, 0.25) is 5.02 Å². The molecular formula is C30H20ClN3O7. The average molecular weight is 570 g/mol. The molecule has 0 unspecified atom stereocenters. The molecule has 204 valence electrons. The van der Waals surface area contributed by atoms with Crippen molar-refractivity contribution in [3.05, 3.63) is 129 Å². The van der Waals surface area contributed by atoms with E-state index in [0.717, 1.165) is 4.90 Å². The van der Waals surface area contributed by atoms with E-state index in [-0.39, 0.29) is 22.1 Å². The molecule has 0 aliphatic carbocycles. The van der Waals surface area contributed by atoms with Crippen LogP contribution >= 0.6 is 11.6 Å². The number of carbonyl (C=O) groups excluding carboxylic acids is 3. The topological polar surface area (TPSA) is 119 Å². The quantitative estimate of drug-likeness (QED) is 0.0979. The zero-order chi connectivity index (χ0) is 28.7. The monoisotopic (exact) mass is 569 g/mol. The van der Waals surface area contributed by atoms with Crippen LogP contribution in [0.5, 0.6) is 5.75 Å². The van der Waals surface area contributed by atoms with Crippen LogP contribution in [-0.4, -0.2) is 28.8 Å². The largest absolute Gasteiger partial charge is 0.423 e. The van der Waals surface area contributed by atoms with Crippen molar-refractivity contribution in [3.8, 4) is 5.75 Å². The predicted molar refractivity (Wildman–Crippen MR) is 148 cm³/mol. The van der Waals surface area contributed by atoms with Crippen molar-refractivity contribution in [3.63, 3.8) is 0 Å². The van der Waals surface area contributed by atoms with Crippen LogP contribution in [0.4, 0.5) is 17.1 Å². The first-order valence-electron chi connectivity index (χ1n) is 12.5. The number of hydrogen-bond donors (Lipinski definition) is 0. The van der Waals surface area contributed by atoms with Crippen molar-refractivity contribution < 1.29 is 28.9 Å². The molecule has 2 fully saturated rings. The second-order valence-corrected chi connectivity index (χ2v) is 9.79. The van der Waals surface area contributed by atoms with E-state index in [4.69, 9.17) is 21.2 Å². The number of hydroxylamine groups is 1. The summed E-state index contributed by atoms with van der Waals surface area (Å²) >= 11 is 6.32. The number of nitro benzene ring substituents is 1. The molecule has 2 heterocycles. The number of halogens is 1. The first-order chi connectivity index (χ1) is 19.8. The van der Waals surface area contributed by atoms with Crippen LogP contribution in [0, 0.1) is 16.0 Å². The lowest BCUT2D eigenvalue weighted by atomic mass is 9.90. The van der Waals surface area contributed by atoms with Crippen LogP contribution in [0.15, 0.2) is 103 Å². The number of rotatable bonds is 6. The number of anilines is 2. The van der Waals surface area contributed by atoms with E-state index >= 15 is 0 Å². The molecule has 0 aromatic heterocycles. The number of fused-ring (bicyclic) bond motifs is 1. The number of ether oxygens (including phenoxy) is 1. The maximum Gasteiger partial charge on any atom is 0.343 e. The summed E-state index contributed by atoms with van der Waals surface area (Å²) in [6, 6.07) is 26.4. The molecule has 3 atom stereocenters. The lowest BCUT2D eigenvalue weighted by Crippen LogP contribution is -2.37. The number of non-ortho nitro benzene ring substituents is 1. The number of hydrogen-bond acceptors (Lipinski definition) is 8. The maximum absolute atomic E-state index is 13.8. The van der Waals surface area contributed by atoms with Crippen molar-refractivity contribution in [2.24, 2.45) is 5.92 Å². The molecule has 0 spiro atoms. The van der Waals surface area contributed by atoms with Gasteiger partial charge in [0.15, 0.2) is 6.10 Å². The highest BCUT2D eigenvalue weighted by Crippen LogP contribution is 2.48. The highest BCUT2D eigenvalue weighted by molar-refractivity contribution is 6.36. The van der Waals surface area contributed by atoms with Gasteiger partial charge < -0.3 is 4.74 Å². The molecule has 0 radical (unpaired) electrons. The molecule has 0 bridgehead atoms. The average Bonchev–Trinajstić information content (AvgIpc) is 3.50. The standard InChI is InChI=1S/C30H20ClN3O7/c31-23-11-4-5-12-24(23)32-28(35)25-26(18-13-15-22(16-14-18)40-30(37)19-7-2-1-3-8-19)33(41-27(25)29(32)36)20-9-6-10-21(17-20)34(38)39/h1-17,25-27H/t25-,26+,27+/m1/s1. The predicted octanol–water partition coefficient (Wildman–Crippen LogP) is 5.52. The van der Waals surface area contributed by atoms with Gasteiger partial charge in [0.05, 0.1) is 32.9 Å². The summed E-state index contributed by atoms with van der Waals surface area (Å²) in [6.45, 7) is 0. The van der Waals surface area contributed by atoms with Crippen LogP contribution in [0.25, 0.3) is 0 Å². The molecule has 2 aliphatic rings. The smallest absolute Gasteiger partial charge is 0.343 e. The normalized spacial score (nSPS) is 19.8. The summed E-state index contributed by atoms with van der Waals surface area (Å²) in [6.07, 6.45) is -1.20. The minimum Gasteiger partial charge on any atom is -0.423 e. The molecule has 10 nitrogen and oxygen atoms in total. The number of carbonyl (C=O) groups is 3. The lowest BCUT2D eigenvalue weighted by Gasteiger charge is -2.29. The zero-order valence-electron chi connectivity index (χ0n) is 21.1. The van der Waals surface area contributed by atoms with E-state index in [1.54, 1.807) is 84.9 Å². The van der Waals surface area contributed by atoms with Gasteiger partial charge in [0.1, 0.15) is 11.7 Å². The maximum atomic E-state index is 13.8. The van der Waals surface area contributed by atoms with Gasteiger partial charge in [-0.3, -0.25) is 24.5 Å². The highest BCUT2D eigenvalue weighted by atomic mass is 35.5. The molecule has 2 amide bonds. The number of benzene rings is 4. The Morgan fingerprint density at radius 3 is 2.29 bits per heavy atom. The van der Waals surface area contributed by atoms with Gasteiger partial charge >= 0.3 is 5.97 Å². The second-order valence-electron chi connectivity index (χ2n) is 9.39. The molecule has 4 aromatic carbocycles. The summed E-state index contributed by atoms with van der Waals surface area (Å²) in [7, 11) is 0. The lowest BCUT2D eigenvalue weighted by molar-refractivity contribution is -0.384. The number of nitro groups is 1. The minimum atomic E-state index is -1.20. The third-order valence-electron chi connectivity index (χ3n) is 6.95. The number of amides is 2. The third-order valence-corrected chi connectivity index (χ3v) is 7.27. The van der Waals surface area contributed by atoms with Crippen molar-refractivity contribution in [1.82, 2.24) is 0 Å². The zero-order valence-corrected chi connectivity index (χ0v) is 21.9. The molecule has 11 heteroatoms. The first kappa shape index (κ1) is 26.2. The first-order valence-corrected chi connectivity index (χ1v) is 12.9. The van der Waals surface area contributed by atoms with Gasteiger partial charge in [-0.2, -0.15) is 0 Å². The van der Waals surface area contributed by atoms with Gasteiger partial charge in [-0.15, -0.1) is 0 Å². The molecule has 41 heavy (non-hydrogen) atoms. The van der Waals surface area contributed by atoms with Gasteiger partial charge in [0.2, 0.25) is 5.91 Å². The van der Waals surface area contributed by atoms with E-state index in [9.17, 15) is 24.5 Å². The molecule has 6 rings (SSSR count). The number of imide groups is 1. The Balaban J connectivity index is 1.37. The summed E-state index contributed by atoms with van der Waals surface area (Å²) in [4.78, 5) is 57.8. The number of esters is 1. The molecule has 0 saturated carbocycles. The number of nitrogens with zero attached hydrogens (tertiary/aromatic N) is 3. The Hall–Kier alpha value is -5.06. The van der Waals surface area contributed by atoms with Gasteiger partial charge in [0, 0.05) is 12.1 Å². The summed E-state index contributed by atoms with van der Waals surface area (Å²) < 4.78 is 5.48. The van der Waals surface area contributed by atoms with Crippen LogP contribution in [0.3, 0.4) is 0 Å². The Morgan fingerprint density at radius 2 is 1.59 bits per heavy atom. The van der Waals surface area contributed by atoms with Gasteiger partial charge in [-0.05, 0) is 48.0 Å². The summed E-state index contributed by atoms with van der Waals surface area (Å²) in [5.41, 5.74) is 1.30. The fourth-order valence-corrected chi connectivity index (χ4v) is 5.28. The fourth-order valence-electron chi connectivity index (χ4n) is 5.06. The number of para-hydroxylation sites is 1. The third kappa shape index (κ3) is 4.69. The van der Waals surface area contributed by atoms with E-state index in [1.807, 2.05) is 0 Å². The fraction of sp³-hybridized carbons (Fsp3) is 0.100. The summed E-state index contributed by atoms with van der Waals surface area (Å²) in [5.74, 6) is -2.37. The van der Waals surface area contributed by atoms with E-state index < -0.39 is 40.8 Å². The Morgan fingerprint density at radius 1 is 0.878 bits per heavy atom. The van der Waals surface area contributed by atoms with Crippen LogP contribution in [-0.2, 0) is 14.4 Å². The van der Waals surface area contributed by atoms with Gasteiger partial charge in [0.25, 0.3) is 11.6 Å². The van der Waals surface area contributed by atoms with Gasteiger partial charge in [-0.25, -0.2) is 14.8 Å². The van der Waals surface area contributed by atoms with Crippen LogP contribution < -0.4 is 14.7 Å². The van der Waals surface area contributed by atoms with Crippen molar-refractivity contribution in [2.45, 2.75) is 12.1 Å². The summed E-state index contributed by atoms with van der Waals surface area (Å²) in [5, 5.41) is 13.0. The minimum absolute atomic E-state index is 0.180. The Bertz CT molecular complexity index is 1680.